The van der Waals surface area contributed by atoms with E-state index in [-0.39, 0.29) is 11.6 Å². The van der Waals surface area contributed by atoms with Crippen LogP contribution in [0.4, 0.5) is 11.4 Å². The molecule has 41 heavy (non-hydrogen) atoms. The minimum Gasteiger partial charge on any atom is -0.497 e. The predicted molar refractivity (Wildman–Crippen MR) is 159 cm³/mol. The summed E-state index contributed by atoms with van der Waals surface area (Å²) in [6, 6.07) is 24.2. The van der Waals surface area contributed by atoms with Crippen LogP contribution in [0.25, 0.3) is 6.08 Å². The normalized spacial score (nSPS) is 11.7. The Hall–Kier alpha value is -4.96. The quantitative estimate of drug-likeness (QED) is 0.153. The molecule has 0 saturated heterocycles. The van der Waals surface area contributed by atoms with Gasteiger partial charge in [-0.2, -0.15) is 0 Å². The molecule has 4 rings (SSSR count). The van der Waals surface area contributed by atoms with Crippen LogP contribution in [0.5, 0.6) is 11.5 Å². The standard InChI is InChI=1S/C31H29N3O6S/c1-20(29(35)33-23-16-25(38-2)18-26(17-23)39-3)41-27-13-11-22(12-14-27)32-31(37)28(19-24-10-7-15-40-24)34-30(36)21-8-5-4-6-9-21/h4-20H,1-3H3,(H,32,37)(H,33,35)(H,34,36)/b28-19-. The number of carbonyl (C=O) groups is 3. The number of amides is 3. The summed E-state index contributed by atoms with van der Waals surface area (Å²) in [5.74, 6) is 0.413. The average Bonchev–Trinajstić information content (AvgIpc) is 3.51. The first-order valence-corrected chi connectivity index (χ1v) is 13.5. The summed E-state index contributed by atoms with van der Waals surface area (Å²) < 4.78 is 15.8. The Bertz CT molecular complexity index is 1500. The Morgan fingerprint density at radius 2 is 1.51 bits per heavy atom. The van der Waals surface area contributed by atoms with Gasteiger partial charge in [0.05, 0.1) is 25.7 Å². The van der Waals surface area contributed by atoms with Crippen LogP contribution in [0, 0.1) is 0 Å². The van der Waals surface area contributed by atoms with Gasteiger partial charge in [-0.15, -0.1) is 11.8 Å². The monoisotopic (exact) mass is 571 g/mol. The highest BCUT2D eigenvalue weighted by molar-refractivity contribution is 8.00. The first-order valence-electron chi connectivity index (χ1n) is 12.6. The Balaban J connectivity index is 1.39. The Morgan fingerprint density at radius 1 is 0.829 bits per heavy atom. The predicted octanol–water partition coefficient (Wildman–Crippen LogP) is 5.83. The molecule has 0 fully saturated rings. The van der Waals surface area contributed by atoms with Gasteiger partial charge in [0, 0.05) is 46.1 Å². The highest BCUT2D eigenvalue weighted by atomic mass is 32.2. The van der Waals surface area contributed by atoms with Crippen molar-refractivity contribution in [3.63, 3.8) is 0 Å². The second-order valence-corrected chi connectivity index (χ2v) is 10.1. The minimum absolute atomic E-state index is 0.0201. The lowest BCUT2D eigenvalue weighted by Gasteiger charge is -2.14. The Morgan fingerprint density at radius 3 is 2.12 bits per heavy atom. The zero-order valence-electron chi connectivity index (χ0n) is 22.7. The zero-order valence-corrected chi connectivity index (χ0v) is 23.5. The molecule has 1 heterocycles. The van der Waals surface area contributed by atoms with Gasteiger partial charge >= 0.3 is 0 Å². The molecule has 0 aliphatic rings. The number of ether oxygens (including phenoxy) is 2. The topological polar surface area (TPSA) is 119 Å². The van der Waals surface area contributed by atoms with Crippen molar-refractivity contribution in [3.05, 3.63) is 108 Å². The number of carbonyl (C=O) groups excluding carboxylic acids is 3. The molecule has 9 nitrogen and oxygen atoms in total. The molecule has 1 unspecified atom stereocenters. The van der Waals surface area contributed by atoms with E-state index < -0.39 is 17.1 Å². The molecule has 3 amide bonds. The third kappa shape index (κ3) is 8.26. The molecule has 1 aromatic heterocycles. The van der Waals surface area contributed by atoms with E-state index in [1.54, 1.807) is 106 Å². The number of methoxy groups -OCH3 is 2. The maximum absolute atomic E-state index is 13.1. The summed E-state index contributed by atoms with van der Waals surface area (Å²) in [5, 5.41) is 7.92. The first kappa shape index (κ1) is 29.0. The van der Waals surface area contributed by atoms with E-state index in [2.05, 4.69) is 16.0 Å². The van der Waals surface area contributed by atoms with Crippen LogP contribution in [0.3, 0.4) is 0 Å². The molecule has 0 spiro atoms. The van der Waals surface area contributed by atoms with Crippen molar-refractivity contribution in [2.75, 3.05) is 24.9 Å². The van der Waals surface area contributed by atoms with Gasteiger partial charge in [0.25, 0.3) is 11.8 Å². The van der Waals surface area contributed by atoms with Crippen molar-refractivity contribution in [3.8, 4) is 11.5 Å². The lowest BCUT2D eigenvalue weighted by atomic mass is 10.2. The summed E-state index contributed by atoms with van der Waals surface area (Å²) in [6.07, 6.45) is 2.93. The van der Waals surface area contributed by atoms with Crippen LogP contribution in [0.15, 0.2) is 106 Å². The van der Waals surface area contributed by atoms with Gasteiger partial charge in [0.15, 0.2) is 0 Å². The number of anilines is 2. The van der Waals surface area contributed by atoms with Gasteiger partial charge in [-0.05, 0) is 55.5 Å². The highest BCUT2D eigenvalue weighted by Crippen LogP contribution is 2.29. The molecular weight excluding hydrogens is 542 g/mol. The fraction of sp³-hybridized carbons (Fsp3) is 0.129. The zero-order chi connectivity index (χ0) is 29.2. The minimum atomic E-state index is -0.521. The van der Waals surface area contributed by atoms with E-state index >= 15 is 0 Å². The number of hydrogen-bond donors (Lipinski definition) is 3. The van der Waals surface area contributed by atoms with E-state index in [4.69, 9.17) is 13.9 Å². The summed E-state index contributed by atoms with van der Waals surface area (Å²) in [5.41, 5.74) is 1.51. The van der Waals surface area contributed by atoms with Crippen LogP contribution in [0.1, 0.15) is 23.0 Å². The molecule has 0 aliphatic carbocycles. The average molecular weight is 572 g/mol. The van der Waals surface area contributed by atoms with Crippen LogP contribution >= 0.6 is 11.8 Å². The van der Waals surface area contributed by atoms with Crippen LogP contribution in [0.2, 0.25) is 0 Å². The van der Waals surface area contributed by atoms with Crippen molar-refractivity contribution < 1.29 is 28.3 Å². The molecule has 0 aliphatic heterocycles. The smallest absolute Gasteiger partial charge is 0.272 e. The van der Waals surface area contributed by atoms with E-state index in [1.807, 2.05) is 0 Å². The van der Waals surface area contributed by atoms with E-state index in [1.165, 1.54) is 24.1 Å². The van der Waals surface area contributed by atoms with Gasteiger partial charge in [0.2, 0.25) is 5.91 Å². The largest absolute Gasteiger partial charge is 0.497 e. The maximum Gasteiger partial charge on any atom is 0.272 e. The van der Waals surface area contributed by atoms with Gasteiger partial charge in [-0.25, -0.2) is 0 Å². The number of hydrogen-bond acceptors (Lipinski definition) is 7. The molecule has 0 radical (unpaired) electrons. The van der Waals surface area contributed by atoms with Gasteiger partial charge < -0.3 is 29.8 Å². The van der Waals surface area contributed by atoms with E-state index in [9.17, 15) is 14.4 Å². The number of furan rings is 1. The summed E-state index contributed by atoms with van der Waals surface area (Å²) in [4.78, 5) is 39.5. The summed E-state index contributed by atoms with van der Waals surface area (Å²) in [6.45, 7) is 1.80. The van der Waals surface area contributed by atoms with Crippen molar-refractivity contribution in [1.29, 1.82) is 0 Å². The molecule has 1 atom stereocenters. The Kier molecular flexibility index (Phi) is 9.85. The molecule has 4 aromatic rings. The fourth-order valence-electron chi connectivity index (χ4n) is 3.65. The van der Waals surface area contributed by atoms with Crippen molar-refractivity contribution in [1.82, 2.24) is 5.32 Å². The summed E-state index contributed by atoms with van der Waals surface area (Å²) in [7, 11) is 3.09. The third-order valence-corrected chi connectivity index (χ3v) is 6.88. The molecule has 0 bridgehead atoms. The van der Waals surface area contributed by atoms with Crippen molar-refractivity contribution in [2.45, 2.75) is 17.1 Å². The van der Waals surface area contributed by atoms with Gasteiger partial charge in [-0.1, -0.05) is 18.2 Å². The van der Waals surface area contributed by atoms with E-state index in [0.717, 1.165) is 4.90 Å². The molecular formula is C31H29N3O6S. The maximum atomic E-state index is 13.1. The summed E-state index contributed by atoms with van der Waals surface area (Å²) >= 11 is 1.37. The fourth-order valence-corrected chi connectivity index (χ4v) is 4.52. The van der Waals surface area contributed by atoms with Gasteiger partial charge in [0.1, 0.15) is 23.0 Å². The second-order valence-electron chi connectivity index (χ2n) is 8.72. The van der Waals surface area contributed by atoms with E-state index in [0.29, 0.717) is 34.2 Å². The number of rotatable bonds is 11. The third-order valence-electron chi connectivity index (χ3n) is 5.77. The molecule has 210 valence electrons. The highest BCUT2D eigenvalue weighted by Gasteiger charge is 2.18. The molecule has 3 N–H and O–H groups in total. The van der Waals surface area contributed by atoms with Crippen molar-refractivity contribution >= 4 is 46.9 Å². The van der Waals surface area contributed by atoms with Crippen LogP contribution in [-0.4, -0.2) is 37.2 Å². The van der Waals surface area contributed by atoms with Crippen LogP contribution < -0.4 is 25.4 Å². The number of benzene rings is 3. The lowest BCUT2D eigenvalue weighted by Crippen LogP contribution is -2.30. The Labute approximate surface area is 241 Å². The number of nitrogens with one attached hydrogen (secondary N) is 3. The second kappa shape index (κ2) is 13.9. The molecule has 0 saturated carbocycles. The van der Waals surface area contributed by atoms with Crippen molar-refractivity contribution in [2.24, 2.45) is 0 Å². The first-order chi connectivity index (χ1) is 19.8. The molecule has 10 heteroatoms. The number of thioether (sulfide) groups is 1. The lowest BCUT2D eigenvalue weighted by molar-refractivity contribution is -0.115. The van der Waals surface area contributed by atoms with Crippen LogP contribution in [-0.2, 0) is 9.59 Å². The molecule has 3 aromatic carbocycles. The van der Waals surface area contributed by atoms with Gasteiger partial charge in [-0.3, -0.25) is 14.4 Å². The SMILES string of the molecule is COc1cc(NC(=O)C(C)Sc2ccc(NC(=O)/C(=C/c3ccco3)NC(=O)c3ccccc3)cc2)cc(OC)c1.